The van der Waals surface area contributed by atoms with E-state index in [1.807, 2.05) is 31.2 Å². The summed E-state index contributed by atoms with van der Waals surface area (Å²) in [5.74, 6) is 0.250. The predicted molar refractivity (Wildman–Crippen MR) is 81.5 cm³/mol. The Bertz CT molecular complexity index is 625. The Morgan fingerprint density at radius 1 is 1.19 bits per heavy atom. The Morgan fingerprint density at radius 3 is 2.57 bits per heavy atom. The number of carbonyl (C=O) groups excluding carboxylic acids is 1. The number of rotatable bonds is 5. The summed E-state index contributed by atoms with van der Waals surface area (Å²) in [6, 6.07) is 14.6. The Balaban J connectivity index is 2.03. The Morgan fingerprint density at radius 2 is 1.86 bits per heavy atom. The zero-order valence-corrected chi connectivity index (χ0v) is 12.2. The van der Waals surface area contributed by atoms with Gasteiger partial charge in [-0.2, -0.15) is 0 Å². The molecule has 2 N–H and O–H groups in total. The van der Waals surface area contributed by atoms with Gasteiger partial charge in [0.15, 0.2) is 0 Å². The number of amides is 1. The van der Waals surface area contributed by atoms with Gasteiger partial charge < -0.3 is 15.2 Å². The smallest absolute Gasteiger partial charge is 0.255 e. The fourth-order valence-corrected chi connectivity index (χ4v) is 2.19. The van der Waals surface area contributed by atoms with Crippen LogP contribution in [-0.4, -0.2) is 24.7 Å². The van der Waals surface area contributed by atoms with Gasteiger partial charge in [-0.05, 0) is 30.2 Å². The maximum Gasteiger partial charge on any atom is 0.255 e. The average molecular weight is 285 g/mol. The van der Waals surface area contributed by atoms with E-state index in [0.29, 0.717) is 11.3 Å². The largest absolute Gasteiger partial charge is 0.496 e. The molecule has 0 saturated heterocycles. The van der Waals surface area contributed by atoms with E-state index >= 15 is 0 Å². The summed E-state index contributed by atoms with van der Waals surface area (Å²) in [5, 5.41) is 12.9. The van der Waals surface area contributed by atoms with E-state index in [-0.39, 0.29) is 12.5 Å². The van der Waals surface area contributed by atoms with Gasteiger partial charge in [0.1, 0.15) is 5.75 Å². The number of methoxy groups -OCH3 is 1. The number of aryl methyl sites for hydroxylation is 1. The highest BCUT2D eigenvalue weighted by Gasteiger charge is 2.14. The van der Waals surface area contributed by atoms with Gasteiger partial charge in [0, 0.05) is 6.54 Å². The van der Waals surface area contributed by atoms with Crippen molar-refractivity contribution < 1.29 is 14.6 Å². The molecule has 0 radical (unpaired) electrons. The number of ether oxygens (including phenoxy) is 1. The molecular formula is C17H19NO3. The zero-order chi connectivity index (χ0) is 15.2. The molecule has 0 aliphatic rings. The Hall–Kier alpha value is -2.33. The molecular weight excluding hydrogens is 266 g/mol. The minimum atomic E-state index is -0.732. The van der Waals surface area contributed by atoms with Crippen LogP contribution in [-0.2, 0) is 0 Å². The Kier molecular flexibility index (Phi) is 4.95. The highest BCUT2D eigenvalue weighted by atomic mass is 16.5. The summed E-state index contributed by atoms with van der Waals surface area (Å²) in [5.41, 5.74) is 2.27. The molecule has 4 nitrogen and oxygen atoms in total. The van der Waals surface area contributed by atoms with Gasteiger partial charge in [0.05, 0.1) is 18.8 Å². The molecule has 0 aliphatic heterocycles. The highest BCUT2D eigenvalue weighted by molar-refractivity contribution is 5.96. The molecule has 0 fully saturated rings. The molecule has 4 heteroatoms. The molecule has 0 bridgehead atoms. The third-order valence-electron chi connectivity index (χ3n) is 3.36. The van der Waals surface area contributed by atoms with Crippen LogP contribution in [0.3, 0.4) is 0 Å². The molecule has 1 atom stereocenters. The third kappa shape index (κ3) is 3.61. The van der Waals surface area contributed by atoms with E-state index < -0.39 is 6.10 Å². The van der Waals surface area contributed by atoms with E-state index in [1.54, 1.807) is 24.3 Å². The molecule has 110 valence electrons. The standard InChI is InChI=1S/C17H19NO3/c1-12-7-3-4-8-13(12)15(19)11-18-17(20)14-9-5-6-10-16(14)21-2/h3-10,15,19H,11H2,1-2H3,(H,18,20). The molecule has 2 aromatic carbocycles. The summed E-state index contributed by atoms with van der Waals surface area (Å²) in [6.07, 6.45) is -0.732. The molecule has 1 unspecified atom stereocenters. The van der Waals surface area contributed by atoms with Gasteiger partial charge in [0.2, 0.25) is 0 Å². The summed E-state index contributed by atoms with van der Waals surface area (Å²) in [6.45, 7) is 2.09. The van der Waals surface area contributed by atoms with E-state index in [2.05, 4.69) is 5.32 Å². The summed E-state index contributed by atoms with van der Waals surface area (Å²) < 4.78 is 5.15. The topological polar surface area (TPSA) is 58.6 Å². The molecule has 0 aromatic heterocycles. The lowest BCUT2D eigenvalue weighted by Gasteiger charge is -2.15. The first kappa shape index (κ1) is 15.1. The Labute approximate surface area is 124 Å². The lowest BCUT2D eigenvalue weighted by Crippen LogP contribution is -2.28. The normalized spacial score (nSPS) is 11.8. The van der Waals surface area contributed by atoms with E-state index in [0.717, 1.165) is 11.1 Å². The lowest BCUT2D eigenvalue weighted by molar-refractivity contribution is 0.0913. The van der Waals surface area contributed by atoms with Gasteiger partial charge >= 0.3 is 0 Å². The van der Waals surface area contributed by atoms with Crippen molar-refractivity contribution in [2.75, 3.05) is 13.7 Å². The van der Waals surface area contributed by atoms with Crippen molar-refractivity contribution in [1.29, 1.82) is 0 Å². The average Bonchev–Trinajstić information content (AvgIpc) is 2.52. The number of hydrogen-bond donors (Lipinski definition) is 2. The van der Waals surface area contributed by atoms with Gasteiger partial charge in [-0.1, -0.05) is 36.4 Å². The van der Waals surface area contributed by atoms with Crippen LogP contribution < -0.4 is 10.1 Å². The van der Waals surface area contributed by atoms with Crippen molar-refractivity contribution in [3.63, 3.8) is 0 Å². The molecule has 0 heterocycles. The van der Waals surface area contributed by atoms with Crippen LogP contribution in [0, 0.1) is 6.92 Å². The fourth-order valence-electron chi connectivity index (χ4n) is 2.19. The second-order valence-electron chi connectivity index (χ2n) is 4.78. The maximum absolute atomic E-state index is 12.1. The number of para-hydroxylation sites is 1. The fraction of sp³-hybridized carbons (Fsp3) is 0.235. The first-order chi connectivity index (χ1) is 10.1. The molecule has 1 amide bonds. The van der Waals surface area contributed by atoms with E-state index in [1.165, 1.54) is 7.11 Å². The highest BCUT2D eigenvalue weighted by Crippen LogP contribution is 2.19. The first-order valence-corrected chi connectivity index (χ1v) is 6.78. The summed E-state index contributed by atoms with van der Waals surface area (Å²) >= 11 is 0. The number of carbonyl (C=O) groups is 1. The zero-order valence-electron chi connectivity index (χ0n) is 12.2. The molecule has 2 rings (SSSR count). The van der Waals surface area contributed by atoms with Gasteiger partial charge in [-0.25, -0.2) is 0 Å². The van der Waals surface area contributed by atoms with Crippen molar-refractivity contribution >= 4 is 5.91 Å². The molecule has 0 aliphatic carbocycles. The van der Waals surface area contributed by atoms with Crippen molar-refractivity contribution in [3.8, 4) is 5.75 Å². The number of aliphatic hydroxyl groups excluding tert-OH is 1. The van der Waals surface area contributed by atoms with Crippen LogP contribution in [0.25, 0.3) is 0 Å². The van der Waals surface area contributed by atoms with Crippen LogP contribution in [0.2, 0.25) is 0 Å². The van der Waals surface area contributed by atoms with Crippen LogP contribution in [0.5, 0.6) is 5.75 Å². The van der Waals surface area contributed by atoms with E-state index in [9.17, 15) is 9.90 Å². The minimum Gasteiger partial charge on any atom is -0.496 e. The van der Waals surface area contributed by atoms with Crippen LogP contribution >= 0.6 is 0 Å². The summed E-state index contributed by atoms with van der Waals surface area (Å²) in [7, 11) is 1.52. The third-order valence-corrected chi connectivity index (χ3v) is 3.36. The van der Waals surface area contributed by atoms with E-state index in [4.69, 9.17) is 4.74 Å². The summed E-state index contributed by atoms with van der Waals surface area (Å²) in [4.78, 5) is 12.1. The molecule has 0 saturated carbocycles. The van der Waals surface area contributed by atoms with Crippen LogP contribution in [0.1, 0.15) is 27.6 Å². The van der Waals surface area contributed by atoms with Gasteiger partial charge in [-0.15, -0.1) is 0 Å². The number of nitrogens with one attached hydrogen (secondary N) is 1. The molecule has 2 aromatic rings. The minimum absolute atomic E-state index is 0.154. The number of benzene rings is 2. The van der Waals surface area contributed by atoms with Gasteiger partial charge in [0.25, 0.3) is 5.91 Å². The van der Waals surface area contributed by atoms with Crippen molar-refractivity contribution in [2.24, 2.45) is 0 Å². The molecule has 0 spiro atoms. The van der Waals surface area contributed by atoms with Crippen molar-refractivity contribution in [3.05, 3.63) is 65.2 Å². The van der Waals surface area contributed by atoms with Crippen LogP contribution in [0.4, 0.5) is 0 Å². The SMILES string of the molecule is COc1ccccc1C(=O)NCC(O)c1ccccc1C. The quantitative estimate of drug-likeness (QED) is 0.887. The first-order valence-electron chi connectivity index (χ1n) is 6.78. The second kappa shape index (κ2) is 6.90. The monoisotopic (exact) mass is 285 g/mol. The lowest BCUT2D eigenvalue weighted by atomic mass is 10.0. The van der Waals surface area contributed by atoms with Crippen molar-refractivity contribution in [2.45, 2.75) is 13.0 Å². The van der Waals surface area contributed by atoms with Crippen LogP contribution in [0.15, 0.2) is 48.5 Å². The van der Waals surface area contributed by atoms with Gasteiger partial charge in [-0.3, -0.25) is 4.79 Å². The second-order valence-corrected chi connectivity index (χ2v) is 4.78. The van der Waals surface area contributed by atoms with Crippen molar-refractivity contribution in [1.82, 2.24) is 5.32 Å². The predicted octanol–water partition coefficient (Wildman–Crippen LogP) is 2.47. The molecule has 21 heavy (non-hydrogen) atoms. The number of aliphatic hydroxyl groups is 1. The number of hydrogen-bond acceptors (Lipinski definition) is 3. The maximum atomic E-state index is 12.1.